The van der Waals surface area contributed by atoms with E-state index in [-0.39, 0.29) is 45.1 Å². The number of ether oxygens (including phenoxy) is 2. The van der Waals surface area contributed by atoms with E-state index in [0.717, 1.165) is 0 Å². The zero-order chi connectivity index (χ0) is 29.4. The van der Waals surface area contributed by atoms with Gasteiger partial charge in [0, 0.05) is 41.5 Å². The van der Waals surface area contributed by atoms with Gasteiger partial charge in [0.2, 0.25) is 11.8 Å². The first-order valence-corrected chi connectivity index (χ1v) is 14.6. The molecule has 0 saturated heterocycles. The molecule has 2 aromatic carbocycles. The number of benzene rings is 2. The number of rotatable bonds is 12. The van der Waals surface area contributed by atoms with Crippen molar-refractivity contribution in [2.45, 2.75) is 57.6 Å². The molecule has 4 N–H and O–H groups in total. The van der Waals surface area contributed by atoms with Gasteiger partial charge in [-0.2, -0.15) is 0 Å². The van der Waals surface area contributed by atoms with Gasteiger partial charge in [0.1, 0.15) is 12.2 Å². The molecule has 40 heavy (non-hydrogen) atoms. The number of amides is 2. The van der Waals surface area contributed by atoms with Crippen LogP contribution in [0.25, 0.3) is 0 Å². The van der Waals surface area contributed by atoms with Crippen LogP contribution in [-0.4, -0.2) is 70.5 Å². The molecule has 2 amide bonds. The summed E-state index contributed by atoms with van der Waals surface area (Å²) >= 11 is 14.6. The van der Waals surface area contributed by atoms with E-state index in [1.165, 1.54) is 18.1 Å². The highest BCUT2D eigenvalue weighted by atomic mass is 127. The maximum atomic E-state index is 13.4. The molecule has 0 aromatic heterocycles. The van der Waals surface area contributed by atoms with Gasteiger partial charge in [-0.3, -0.25) is 9.59 Å². The number of hydrogen-bond donors (Lipinski definition) is 4. The van der Waals surface area contributed by atoms with E-state index >= 15 is 0 Å². The Morgan fingerprint density at radius 2 is 1.95 bits per heavy atom. The van der Waals surface area contributed by atoms with Crippen molar-refractivity contribution in [2.24, 2.45) is 0 Å². The van der Waals surface area contributed by atoms with Crippen LogP contribution in [0.1, 0.15) is 37.3 Å². The topological polar surface area (TPSA) is 129 Å². The van der Waals surface area contributed by atoms with Gasteiger partial charge in [-0.25, -0.2) is 0 Å². The molecule has 0 aliphatic heterocycles. The monoisotopic (exact) mass is 706 g/mol. The van der Waals surface area contributed by atoms with Crippen LogP contribution in [-0.2, 0) is 22.7 Å². The number of carbonyl (C=O) groups is 2. The zero-order valence-corrected chi connectivity index (χ0v) is 25.9. The zero-order valence-electron chi connectivity index (χ0n) is 22.2. The molecule has 2 aromatic rings. The summed E-state index contributed by atoms with van der Waals surface area (Å²) in [5.74, 6) is 0.0115. The van der Waals surface area contributed by atoms with Crippen LogP contribution in [0.5, 0.6) is 11.5 Å². The van der Waals surface area contributed by atoms with Crippen molar-refractivity contribution >= 4 is 57.6 Å². The molecule has 218 valence electrons. The summed E-state index contributed by atoms with van der Waals surface area (Å²) in [7, 11) is 1.46. The maximum Gasteiger partial charge on any atom is 0.247 e. The number of methoxy groups -OCH3 is 1. The van der Waals surface area contributed by atoms with Gasteiger partial charge >= 0.3 is 0 Å². The molecule has 0 heterocycles. The number of nitrogens with zero attached hydrogens (tertiary/aromatic N) is 1. The van der Waals surface area contributed by atoms with Gasteiger partial charge < -0.3 is 35.0 Å². The van der Waals surface area contributed by atoms with E-state index in [1.807, 2.05) is 29.5 Å². The number of carbonyl (C=O) groups excluding carboxylic acids is 2. The molecule has 9 nitrogen and oxygen atoms in total. The second-order valence-electron chi connectivity index (χ2n) is 9.29. The van der Waals surface area contributed by atoms with Crippen molar-refractivity contribution in [1.82, 2.24) is 10.2 Å². The molecule has 0 spiro atoms. The minimum Gasteiger partial charge on any atom is -0.493 e. The number of aliphatic hydroxyl groups excluding tert-OH is 3. The lowest BCUT2D eigenvalue weighted by Gasteiger charge is -2.41. The van der Waals surface area contributed by atoms with Crippen molar-refractivity contribution in [2.75, 3.05) is 20.3 Å². The van der Waals surface area contributed by atoms with E-state index in [9.17, 15) is 24.9 Å². The van der Waals surface area contributed by atoms with Crippen LogP contribution in [0.15, 0.2) is 42.0 Å². The average Bonchev–Trinajstić information content (AvgIpc) is 2.93. The molecule has 0 fully saturated rings. The quantitative estimate of drug-likeness (QED) is 0.247. The largest absolute Gasteiger partial charge is 0.493 e. The molecule has 1 aliphatic carbocycles. The summed E-state index contributed by atoms with van der Waals surface area (Å²) in [5.41, 5.74) is 1.55. The van der Waals surface area contributed by atoms with Crippen molar-refractivity contribution in [1.29, 1.82) is 0 Å². The highest BCUT2D eigenvalue weighted by Gasteiger charge is 2.41. The Bertz CT molecular complexity index is 1240. The summed E-state index contributed by atoms with van der Waals surface area (Å²) < 4.78 is 12.4. The Kier molecular flexibility index (Phi) is 12.3. The fraction of sp³-hybridized carbons (Fsp3) is 0.429. The lowest BCUT2D eigenvalue weighted by atomic mass is 9.87. The van der Waals surface area contributed by atoms with Gasteiger partial charge in [0.15, 0.2) is 11.5 Å². The van der Waals surface area contributed by atoms with Gasteiger partial charge in [-0.1, -0.05) is 36.2 Å². The summed E-state index contributed by atoms with van der Waals surface area (Å²) in [6.45, 7) is 1.57. The second kappa shape index (κ2) is 15.2. The number of halogens is 3. The predicted molar refractivity (Wildman–Crippen MR) is 161 cm³/mol. The van der Waals surface area contributed by atoms with E-state index in [1.54, 1.807) is 30.3 Å². The van der Waals surface area contributed by atoms with Gasteiger partial charge in [0.25, 0.3) is 0 Å². The Morgan fingerprint density at radius 1 is 1.20 bits per heavy atom. The Hall–Kier alpha value is -2.09. The molecule has 3 rings (SSSR count). The lowest BCUT2D eigenvalue weighted by molar-refractivity contribution is -0.139. The minimum atomic E-state index is -1.22. The first-order valence-electron chi connectivity index (χ1n) is 12.8. The standard InChI is InChI=1S/C28H33Cl2IN2O7/c1-3-4-25(36)33(14-17-5-6-19(29)13-20(17)30)22-11-18(28(38)32-7-8-34)12-23(26(22)37)40-27-21(31)9-16(15-35)10-24(27)39-2/h5-6,9-10,12-13,22-23,26,34-35,37H,3-4,7-8,11,14-15H2,1-2H3,(H,32,38). The summed E-state index contributed by atoms with van der Waals surface area (Å²) in [6.07, 6.45) is 0.133. The summed E-state index contributed by atoms with van der Waals surface area (Å²) in [5, 5.41) is 33.9. The first-order chi connectivity index (χ1) is 19.1. The molecule has 1 aliphatic rings. The van der Waals surface area contributed by atoms with Crippen LogP contribution in [0.4, 0.5) is 0 Å². The second-order valence-corrected chi connectivity index (χ2v) is 11.3. The Balaban J connectivity index is 2.05. The fourth-order valence-electron chi connectivity index (χ4n) is 4.48. The molecule has 3 unspecified atom stereocenters. The summed E-state index contributed by atoms with van der Waals surface area (Å²) in [6, 6.07) is 7.50. The molecule has 3 atom stereocenters. The van der Waals surface area contributed by atoms with E-state index < -0.39 is 24.2 Å². The van der Waals surface area contributed by atoms with Crippen LogP contribution in [0, 0.1) is 3.57 Å². The minimum absolute atomic E-state index is 0.0438. The lowest BCUT2D eigenvalue weighted by Crippen LogP contribution is -2.54. The fourth-order valence-corrected chi connectivity index (χ4v) is 5.74. The highest BCUT2D eigenvalue weighted by molar-refractivity contribution is 14.1. The van der Waals surface area contributed by atoms with E-state index in [0.29, 0.717) is 48.2 Å². The number of nitrogens with one attached hydrogen (secondary N) is 1. The van der Waals surface area contributed by atoms with Crippen LogP contribution >= 0.6 is 45.8 Å². The summed E-state index contributed by atoms with van der Waals surface area (Å²) in [4.78, 5) is 28.0. The third-order valence-electron chi connectivity index (χ3n) is 6.48. The third kappa shape index (κ3) is 8.01. The molecule has 0 saturated carbocycles. The number of hydrogen-bond acceptors (Lipinski definition) is 7. The molecule has 0 bridgehead atoms. The molecule has 0 radical (unpaired) electrons. The van der Waals surface area contributed by atoms with Crippen molar-refractivity contribution in [3.63, 3.8) is 0 Å². The third-order valence-corrected chi connectivity index (χ3v) is 7.87. The molecular formula is C28H33Cl2IN2O7. The SMILES string of the molecule is CCCC(=O)N(Cc1ccc(Cl)cc1Cl)C1CC(C(=O)NCCO)=CC(Oc2c(I)cc(CO)cc2OC)C1O. The normalized spacial score (nSPS) is 18.6. The van der Waals surface area contributed by atoms with Gasteiger partial charge in [0.05, 0.1) is 29.9 Å². The van der Waals surface area contributed by atoms with E-state index in [2.05, 4.69) is 5.32 Å². The van der Waals surface area contributed by atoms with Crippen LogP contribution in [0.2, 0.25) is 10.0 Å². The predicted octanol–water partition coefficient (Wildman–Crippen LogP) is 3.84. The molecular weight excluding hydrogens is 674 g/mol. The van der Waals surface area contributed by atoms with Gasteiger partial charge in [-0.15, -0.1) is 0 Å². The Morgan fingerprint density at radius 3 is 2.58 bits per heavy atom. The van der Waals surface area contributed by atoms with Crippen LogP contribution < -0.4 is 14.8 Å². The molecule has 12 heteroatoms. The van der Waals surface area contributed by atoms with Gasteiger partial charge in [-0.05, 0) is 70.5 Å². The first kappa shape index (κ1) is 32.4. The van der Waals surface area contributed by atoms with Crippen molar-refractivity contribution in [3.8, 4) is 11.5 Å². The number of aliphatic hydroxyl groups is 3. The Labute approximate surface area is 257 Å². The average molecular weight is 707 g/mol. The highest BCUT2D eigenvalue weighted by Crippen LogP contribution is 2.37. The van der Waals surface area contributed by atoms with Crippen LogP contribution in [0.3, 0.4) is 0 Å². The maximum absolute atomic E-state index is 13.4. The van der Waals surface area contributed by atoms with Crippen molar-refractivity contribution in [3.05, 3.63) is 66.7 Å². The van der Waals surface area contributed by atoms with Crippen molar-refractivity contribution < 1.29 is 34.4 Å². The van der Waals surface area contributed by atoms with E-state index in [4.69, 9.17) is 32.7 Å². The smallest absolute Gasteiger partial charge is 0.247 e.